The predicted octanol–water partition coefficient (Wildman–Crippen LogP) is 3.38. The van der Waals surface area contributed by atoms with E-state index in [1.807, 2.05) is 0 Å². The van der Waals surface area contributed by atoms with E-state index in [1.54, 1.807) is 31.2 Å². The second-order valence-electron chi connectivity index (χ2n) is 4.16. The average molecular weight is 282 g/mol. The maximum absolute atomic E-state index is 13.0. The summed E-state index contributed by atoms with van der Waals surface area (Å²) in [4.78, 5) is 3.70. The maximum Gasteiger partial charge on any atom is 0.141 e. The van der Waals surface area contributed by atoms with Crippen LogP contribution in [0.3, 0.4) is 0 Å². The molecule has 0 bridgehead atoms. The molecule has 19 heavy (non-hydrogen) atoms. The van der Waals surface area contributed by atoms with Crippen LogP contribution in [0.2, 0.25) is 5.02 Å². The van der Waals surface area contributed by atoms with Gasteiger partial charge in [0, 0.05) is 16.8 Å². The van der Waals surface area contributed by atoms with E-state index in [4.69, 9.17) is 16.3 Å². The number of ether oxygens (including phenoxy) is 1. The number of nitrogens with zero attached hydrogens (tertiary/aromatic N) is 1. The topological polar surface area (TPSA) is 42.4 Å². The van der Waals surface area contributed by atoms with Crippen molar-refractivity contribution in [2.45, 2.75) is 19.1 Å². The molecule has 2 unspecified atom stereocenters. The van der Waals surface area contributed by atoms with Crippen molar-refractivity contribution in [3.8, 4) is 5.75 Å². The van der Waals surface area contributed by atoms with E-state index < -0.39 is 18.0 Å². The van der Waals surface area contributed by atoms with Gasteiger partial charge in [-0.15, -0.1) is 0 Å². The van der Waals surface area contributed by atoms with Gasteiger partial charge in [-0.25, -0.2) is 4.39 Å². The molecule has 3 nitrogen and oxygen atoms in total. The van der Waals surface area contributed by atoms with Gasteiger partial charge in [0.05, 0.1) is 6.20 Å². The first-order valence-corrected chi connectivity index (χ1v) is 6.15. The second-order valence-corrected chi connectivity index (χ2v) is 4.60. The number of hydrogen-bond acceptors (Lipinski definition) is 3. The first-order chi connectivity index (χ1) is 9.06. The van der Waals surface area contributed by atoms with Gasteiger partial charge in [0.1, 0.15) is 23.8 Å². The van der Waals surface area contributed by atoms with Crippen LogP contribution >= 0.6 is 11.6 Å². The predicted molar refractivity (Wildman–Crippen MR) is 70.7 cm³/mol. The highest BCUT2D eigenvalue weighted by Crippen LogP contribution is 2.23. The van der Waals surface area contributed by atoms with Gasteiger partial charge in [-0.05, 0) is 31.2 Å². The summed E-state index contributed by atoms with van der Waals surface area (Å²) in [5.41, 5.74) is 0.370. The highest BCUT2D eigenvalue weighted by molar-refractivity contribution is 6.30. The summed E-state index contributed by atoms with van der Waals surface area (Å²) in [6.45, 7) is 1.69. The molecule has 2 aromatic rings. The van der Waals surface area contributed by atoms with Crippen molar-refractivity contribution < 1.29 is 14.2 Å². The summed E-state index contributed by atoms with van der Waals surface area (Å²) in [6, 6.07) is 8.09. The van der Waals surface area contributed by atoms with Crippen LogP contribution < -0.4 is 4.74 Å². The Morgan fingerprint density at radius 2 is 2.11 bits per heavy atom. The van der Waals surface area contributed by atoms with E-state index in [0.29, 0.717) is 16.3 Å². The van der Waals surface area contributed by atoms with E-state index in [1.165, 1.54) is 12.3 Å². The van der Waals surface area contributed by atoms with Crippen LogP contribution in [0.15, 0.2) is 42.7 Å². The molecule has 0 spiro atoms. The molecule has 0 saturated carbocycles. The number of benzene rings is 1. The standard InChI is InChI=1S/C14H13ClFNO2/c1-9(19-13-4-2-3-11(15)6-13)14(18)10-5-12(16)8-17-7-10/h2-9,14,18H,1H3. The number of aliphatic hydroxyl groups is 1. The van der Waals surface area contributed by atoms with Crippen LogP contribution in [0.5, 0.6) is 5.75 Å². The summed E-state index contributed by atoms with van der Waals surface area (Å²) in [6.07, 6.45) is 0.967. The molecule has 0 aliphatic rings. The molecule has 0 aliphatic carbocycles. The fourth-order valence-corrected chi connectivity index (χ4v) is 1.86. The van der Waals surface area contributed by atoms with Gasteiger partial charge < -0.3 is 9.84 Å². The fraction of sp³-hybridized carbons (Fsp3) is 0.214. The third-order valence-electron chi connectivity index (χ3n) is 2.63. The van der Waals surface area contributed by atoms with E-state index in [0.717, 1.165) is 6.20 Å². The van der Waals surface area contributed by atoms with Crippen molar-refractivity contribution in [2.24, 2.45) is 0 Å². The van der Waals surface area contributed by atoms with Crippen molar-refractivity contribution in [1.29, 1.82) is 0 Å². The minimum Gasteiger partial charge on any atom is -0.488 e. The highest BCUT2D eigenvalue weighted by atomic mass is 35.5. The van der Waals surface area contributed by atoms with Gasteiger partial charge in [0.25, 0.3) is 0 Å². The van der Waals surface area contributed by atoms with Crippen molar-refractivity contribution in [3.05, 3.63) is 59.1 Å². The average Bonchev–Trinajstić information content (AvgIpc) is 2.38. The van der Waals surface area contributed by atoms with Gasteiger partial charge in [0.2, 0.25) is 0 Å². The lowest BCUT2D eigenvalue weighted by Crippen LogP contribution is -2.22. The van der Waals surface area contributed by atoms with Crippen LogP contribution in [-0.2, 0) is 0 Å². The zero-order chi connectivity index (χ0) is 13.8. The largest absolute Gasteiger partial charge is 0.488 e. The molecule has 5 heteroatoms. The Bertz CT molecular complexity index is 565. The van der Waals surface area contributed by atoms with Crippen LogP contribution in [-0.4, -0.2) is 16.2 Å². The smallest absolute Gasteiger partial charge is 0.141 e. The van der Waals surface area contributed by atoms with Crippen LogP contribution in [0.25, 0.3) is 0 Å². The van der Waals surface area contributed by atoms with E-state index in [2.05, 4.69) is 4.98 Å². The molecule has 1 aromatic carbocycles. The zero-order valence-corrected chi connectivity index (χ0v) is 11.0. The molecular formula is C14H13ClFNO2. The number of aliphatic hydroxyl groups excluding tert-OH is 1. The summed E-state index contributed by atoms with van der Waals surface area (Å²) >= 11 is 5.84. The molecule has 100 valence electrons. The Morgan fingerprint density at radius 1 is 1.32 bits per heavy atom. The van der Waals surface area contributed by atoms with Crippen LogP contribution in [0, 0.1) is 5.82 Å². The Kier molecular flexibility index (Phi) is 4.35. The number of hydrogen-bond donors (Lipinski definition) is 1. The Labute approximate surface area is 115 Å². The number of aromatic nitrogens is 1. The van der Waals surface area contributed by atoms with Gasteiger partial charge in [-0.1, -0.05) is 17.7 Å². The third-order valence-corrected chi connectivity index (χ3v) is 2.87. The summed E-state index contributed by atoms with van der Waals surface area (Å²) in [5.74, 6) is 0.0508. The lowest BCUT2D eigenvalue weighted by molar-refractivity contribution is 0.0463. The molecular weight excluding hydrogens is 269 g/mol. The monoisotopic (exact) mass is 281 g/mol. The molecule has 0 saturated heterocycles. The fourth-order valence-electron chi connectivity index (χ4n) is 1.68. The first-order valence-electron chi connectivity index (χ1n) is 5.77. The minimum absolute atomic E-state index is 0.370. The van der Waals surface area contributed by atoms with Crippen LogP contribution in [0.4, 0.5) is 4.39 Å². The lowest BCUT2D eigenvalue weighted by atomic mass is 10.1. The SMILES string of the molecule is CC(Oc1cccc(Cl)c1)C(O)c1cncc(F)c1. The van der Waals surface area contributed by atoms with Gasteiger partial charge >= 0.3 is 0 Å². The molecule has 0 fully saturated rings. The van der Waals surface area contributed by atoms with E-state index in [-0.39, 0.29) is 0 Å². The number of pyridine rings is 1. The molecule has 2 rings (SSSR count). The highest BCUT2D eigenvalue weighted by Gasteiger charge is 2.19. The molecule has 1 N–H and O–H groups in total. The Morgan fingerprint density at radius 3 is 2.79 bits per heavy atom. The number of halogens is 2. The van der Waals surface area contributed by atoms with Crippen molar-refractivity contribution in [3.63, 3.8) is 0 Å². The normalized spacial score (nSPS) is 13.9. The maximum atomic E-state index is 13.0. The second kappa shape index (κ2) is 5.99. The van der Waals surface area contributed by atoms with Crippen molar-refractivity contribution in [2.75, 3.05) is 0 Å². The Hall–Kier alpha value is -1.65. The van der Waals surface area contributed by atoms with Gasteiger partial charge in [0.15, 0.2) is 0 Å². The zero-order valence-electron chi connectivity index (χ0n) is 10.3. The molecule has 1 aromatic heterocycles. The first kappa shape index (κ1) is 13.8. The van der Waals surface area contributed by atoms with Gasteiger partial charge in [-0.2, -0.15) is 0 Å². The van der Waals surface area contributed by atoms with Crippen LogP contribution in [0.1, 0.15) is 18.6 Å². The number of rotatable bonds is 4. The molecule has 0 radical (unpaired) electrons. The van der Waals surface area contributed by atoms with E-state index in [9.17, 15) is 9.50 Å². The summed E-state index contributed by atoms with van der Waals surface area (Å²) < 4.78 is 18.6. The van der Waals surface area contributed by atoms with Crippen molar-refractivity contribution >= 4 is 11.6 Å². The summed E-state index contributed by atoms with van der Waals surface area (Å²) in [5, 5.41) is 10.6. The molecule has 0 amide bonds. The molecule has 0 aliphatic heterocycles. The summed E-state index contributed by atoms with van der Waals surface area (Å²) in [7, 11) is 0. The molecule has 1 heterocycles. The Balaban J connectivity index is 2.09. The third kappa shape index (κ3) is 3.66. The quantitative estimate of drug-likeness (QED) is 0.934. The van der Waals surface area contributed by atoms with Crippen molar-refractivity contribution in [1.82, 2.24) is 4.98 Å². The van der Waals surface area contributed by atoms with E-state index >= 15 is 0 Å². The molecule has 2 atom stereocenters. The minimum atomic E-state index is -0.970. The lowest BCUT2D eigenvalue weighted by Gasteiger charge is -2.20. The van der Waals surface area contributed by atoms with Gasteiger partial charge in [-0.3, -0.25) is 4.98 Å².